The Hall–Kier alpha value is -2.78. The minimum absolute atomic E-state index is 0.0721. The molecule has 1 aliphatic rings. The van der Waals surface area contributed by atoms with E-state index in [0.717, 1.165) is 11.3 Å². The van der Waals surface area contributed by atoms with E-state index in [2.05, 4.69) is 9.71 Å². The molecule has 1 aromatic heterocycles. The van der Waals surface area contributed by atoms with Gasteiger partial charge in [-0.15, -0.1) is 11.3 Å². The predicted octanol–water partition coefficient (Wildman–Crippen LogP) is 3.27. The van der Waals surface area contributed by atoms with Gasteiger partial charge in [0.25, 0.3) is 10.0 Å². The molecule has 3 aromatic rings. The molecule has 6 nitrogen and oxygen atoms in total. The van der Waals surface area contributed by atoms with Gasteiger partial charge >= 0.3 is 0 Å². The summed E-state index contributed by atoms with van der Waals surface area (Å²) in [5, 5.41) is 1.91. The van der Waals surface area contributed by atoms with E-state index in [1.807, 2.05) is 0 Å². The van der Waals surface area contributed by atoms with Gasteiger partial charge < -0.3 is 4.90 Å². The molecule has 0 saturated heterocycles. The van der Waals surface area contributed by atoms with Crippen molar-refractivity contribution in [3.8, 4) is 11.3 Å². The highest BCUT2D eigenvalue weighted by atomic mass is 32.2. The van der Waals surface area contributed by atoms with Crippen LogP contribution in [0.25, 0.3) is 11.3 Å². The molecule has 0 fully saturated rings. The number of likely N-dealkylation sites (N-methyl/N-ethyl adjacent to an activating group) is 1. The average molecular weight is 403 g/mol. The van der Waals surface area contributed by atoms with Crippen LogP contribution in [0.1, 0.15) is 5.56 Å². The molecule has 138 valence electrons. The van der Waals surface area contributed by atoms with Crippen LogP contribution in [0.2, 0.25) is 0 Å². The first-order valence-electron chi connectivity index (χ1n) is 7.97. The Morgan fingerprint density at radius 1 is 1.19 bits per heavy atom. The number of aromatic nitrogens is 1. The van der Waals surface area contributed by atoms with Gasteiger partial charge in [0.2, 0.25) is 5.91 Å². The standard InChI is InChI=1S/C18H14FN3O3S2/c1-22-16-7-6-14(8-12(16)9-17(22)23)27(24,25)21-18-20-15(10-26-18)11-2-4-13(19)5-3-11/h2-8,10H,9H2,1H3,(H,20,21). The Bertz CT molecular complexity index is 1140. The average Bonchev–Trinajstić information content (AvgIpc) is 3.20. The van der Waals surface area contributed by atoms with Gasteiger partial charge in [0.1, 0.15) is 5.82 Å². The first-order chi connectivity index (χ1) is 12.8. The number of hydrogen-bond donors (Lipinski definition) is 1. The van der Waals surface area contributed by atoms with Crippen LogP contribution >= 0.6 is 11.3 Å². The van der Waals surface area contributed by atoms with E-state index in [9.17, 15) is 17.6 Å². The third-order valence-electron chi connectivity index (χ3n) is 4.30. The number of nitrogens with one attached hydrogen (secondary N) is 1. The lowest BCUT2D eigenvalue weighted by atomic mass is 10.2. The van der Waals surface area contributed by atoms with E-state index < -0.39 is 10.0 Å². The lowest BCUT2D eigenvalue weighted by Crippen LogP contribution is -2.20. The van der Waals surface area contributed by atoms with E-state index >= 15 is 0 Å². The van der Waals surface area contributed by atoms with E-state index in [1.165, 1.54) is 29.2 Å². The number of carbonyl (C=O) groups is 1. The highest BCUT2D eigenvalue weighted by molar-refractivity contribution is 7.93. The summed E-state index contributed by atoms with van der Waals surface area (Å²) in [7, 11) is -2.18. The highest BCUT2D eigenvalue weighted by Crippen LogP contribution is 2.31. The van der Waals surface area contributed by atoms with E-state index in [4.69, 9.17) is 0 Å². The van der Waals surface area contributed by atoms with Gasteiger partial charge in [-0.05, 0) is 48.0 Å². The highest BCUT2D eigenvalue weighted by Gasteiger charge is 2.26. The maximum atomic E-state index is 13.0. The van der Waals surface area contributed by atoms with Gasteiger partial charge in [-0.25, -0.2) is 17.8 Å². The summed E-state index contributed by atoms with van der Waals surface area (Å²) in [6.07, 6.45) is 0.182. The van der Waals surface area contributed by atoms with Crippen molar-refractivity contribution in [2.75, 3.05) is 16.7 Å². The summed E-state index contributed by atoms with van der Waals surface area (Å²) in [4.78, 5) is 17.6. The minimum atomic E-state index is -3.84. The van der Waals surface area contributed by atoms with Gasteiger partial charge in [-0.2, -0.15) is 0 Å². The smallest absolute Gasteiger partial charge is 0.263 e. The van der Waals surface area contributed by atoms with Crippen LogP contribution < -0.4 is 9.62 Å². The third kappa shape index (κ3) is 3.31. The Labute approximate surface area is 159 Å². The fraction of sp³-hybridized carbons (Fsp3) is 0.111. The molecular weight excluding hydrogens is 389 g/mol. The van der Waals surface area contributed by atoms with E-state index in [0.29, 0.717) is 22.5 Å². The summed E-state index contributed by atoms with van der Waals surface area (Å²) < 4.78 is 40.8. The topological polar surface area (TPSA) is 79.4 Å². The van der Waals surface area contributed by atoms with Crippen LogP contribution in [0, 0.1) is 5.82 Å². The molecule has 2 heterocycles. The van der Waals surface area contributed by atoms with Crippen LogP contribution in [0.5, 0.6) is 0 Å². The molecule has 4 rings (SSSR count). The van der Waals surface area contributed by atoms with E-state index in [1.54, 1.807) is 30.6 Å². The van der Waals surface area contributed by atoms with Gasteiger partial charge in [0.05, 0.1) is 17.0 Å². The van der Waals surface area contributed by atoms with Crippen LogP contribution in [0.3, 0.4) is 0 Å². The molecule has 0 unspecified atom stereocenters. The molecule has 2 aromatic carbocycles. The van der Waals surface area contributed by atoms with Crippen LogP contribution in [0.4, 0.5) is 15.2 Å². The molecule has 1 amide bonds. The summed E-state index contributed by atoms with van der Waals surface area (Å²) in [6, 6.07) is 10.4. The number of carbonyl (C=O) groups excluding carboxylic acids is 1. The zero-order valence-corrected chi connectivity index (χ0v) is 15.8. The Kier molecular flexibility index (Phi) is 4.20. The first-order valence-corrected chi connectivity index (χ1v) is 10.3. The van der Waals surface area contributed by atoms with Crippen molar-refractivity contribution in [1.82, 2.24) is 4.98 Å². The summed E-state index contributed by atoms with van der Waals surface area (Å²) in [6.45, 7) is 0. The number of amides is 1. The number of thiazole rings is 1. The van der Waals surface area contributed by atoms with Crippen molar-refractivity contribution in [3.05, 3.63) is 59.2 Å². The number of anilines is 2. The number of benzene rings is 2. The van der Waals surface area contributed by atoms with Crippen molar-refractivity contribution in [2.24, 2.45) is 0 Å². The Morgan fingerprint density at radius 2 is 1.93 bits per heavy atom. The molecule has 27 heavy (non-hydrogen) atoms. The predicted molar refractivity (Wildman–Crippen MR) is 102 cm³/mol. The lowest BCUT2D eigenvalue weighted by molar-refractivity contribution is -0.117. The number of halogens is 1. The quantitative estimate of drug-likeness (QED) is 0.725. The third-order valence-corrected chi connectivity index (χ3v) is 6.53. The van der Waals surface area contributed by atoms with Crippen LogP contribution in [-0.4, -0.2) is 26.4 Å². The van der Waals surface area contributed by atoms with Crippen molar-refractivity contribution < 1.29 is 17.6 Å². The molecule has 1 N–H and O–H groups in total. The SMILES string of the molecule is CN1C(=O)Cc2cc(S(=O)(=O)Nc3nc(-c4ccc(F)cc4)cs3)ccc21. The second kappa shape index (κ2) is 6.43. The fourth-order valence-corrected chi connectivity index (χ4v) is 4.88. The molecule has 0 atom stereocenters. The van der Waals surface area contributed by atoms with Crippen molar-refractivity contribution in [1.29, 1.82) is 0 Å². The second-order valence-corrected chi connectivity index (χ2v) is 8.61. The normalized spacial score (nSPS) is 13.7. The number of sulfonamides is 1. The molecule has 1 aliphatic heterocycles. The van der Waals surface area contributed by atoms with E-state index in [-0.39, 0.29) is 28.2 Å². The zero-order valence-electron chi connectivity index (χ0n) is 14.1. The van der Waals surface area contributed by atoms with Crippen molar-refractivity contribution in [2.45, 2.75) is 11.3 Å². The summed E-state index contributed by atoms with van der Waals surface area (Å²) >= 11 is 1.14. The maximum absolute atomic E-state index is 13.0. The van der Waals surface area contributed by atoms with Gasteiger partial charge in [0.15, 0.2) is 5.13 Å². The largest absolute Gasteiger partial charge is 0.315 e. The molecule has 0 saturated carbocycles. The number of hydrogen-bond acceptors (Lipinski definition) is 5. The lowest BCUT2D eigenvalue weighted by Gasteiger charge is -2.11. The Morgan fingerprint density at radius 3 is 2.67 bits per heavy atom. The Balaban J connectivity index is 1.59. The maximum Gasteiger partial charge on any atom is 0.263 e. The van der Waals surface area contributed by atoms with Crippen LogP contribution in [0.15, 0.2) is 52.7 Å². The monoisotopic (exact) mass is 403 g/mol. The molecule has 0 bridgehead atoms. The van der Waals surface area contributed by atoms with Crippen LogP contribution in [-0.2, 0) is 21.2 Å². The van der Waals surface area contributed by atoms with Gasteiger partial charge in [-0.1, -0.05) is 0 Å². The molecular formula is C18H14FN3O3S2. The number of nitrogens with zero attached hydrogens (tertiary/aromatic N) is 2. The summed E-state index contributed by atoms with van der Waals surface area (Å²) in [5.74, 6) is -0.424. The fourth-order valence-electron chi connectivity index (χ4n) is 2.86. The summed E-state index contributed by atoms with van der Waals surface area (Å²) in [5.41, 5.74) is 2.64. The van der Waals surface area contributed by atoms with Crippen molar-refractivity contribution >= 4 is 38.1 Å². The number of fused-ring (bicyclic) bond motifs is 1. The molecule has 9 heteroatoms. The number of rotatable bonds is 4. The van der Waals surface area contributed by atoms with Gasteiger partial charge in [-0.3, -0.25) is 9.52 Å². The second-order valence-electron chi connectivity index (χ2n) is 6.07. The molecule has 0 radical (unpaired) electrons. The first kappa shape index (κ1) is 17.6. The molecule has 0 aliphatic carbocycles. The minimum Gasteiger partial charge on any atom is -0.315 e. The zero-order chi connectivity index (χ0) is 19.2. The van der Waals surface area contributed by atoms with Crippen molar-refractivity contribution in [3.63, 3.8) is 0 Å². The van der Waals surface area contributed by atoms with Gasteiger partial charge in [0, 0.05) is 23.7 Å². The molecule has 0 spiro atoms.